The highest BCUT2D eigenvalue weighted by molar-refractivity contribution is 9.10. The second-order valence-electron chi connectivity index (χ2n) is 4.98. The topological polar surface area (TPSA) is 52.6 Å². The molecular formula is C14H13BrO4. The number of carbonyl (C=O) groups is 2. The summed E-state index contributed by atoms with van der Waals surface area (Å²) in [5.74, 6) is -1.10. The molecule has 0 unspecified atom stereocenters. The smallest absolute Gasteiger partial charge is 0.324 e. The molecule has 5 heteroatoms. The summed E-state index contributed by atoms with van der Waals surface area (Å²) in [6, 6.07) is 5.94. The molecule has 0 aromatic heterocycles. The van der Waals surface area contributed by atoms with E-state index >= 15 is 0 Å². The summed E-state index contributed by atoms with van der Waals surface area (Å²) in [7, 11) is 2.62. The van der Waals surface area contributed by atoms with Crippen LogP contribution in [-0.2, 0) is 25.5 Å². The number of esters is 2. The number of ether oxygens (including phenoxy) is 2. The van der Waals surface area contributed by atoms with Gasteiger partial charge in [-0.15, -0.1) is 0 Å². The fourth-order valence-electron chi connectivity index (χ4n) is 3.47. The van der Waals surface area contributed by atoms with E-state index in [9.17, 15) is 9.59 Å². The standard InChI is InChI=1S/C14H13BrO4/c1-18-12(16)14(13(17)19-2)10-6-7-5-8(15)3-4-9(7)11(10)14/h3-5,10-11H,6H2,1-2H3/t10-,11+/m0/s1. The van der Waals surface area contributed by atoms with Crippen LogP contribution in [0.1, 0.15) is 17.0 Å². The van der Waals surface area contributed by atoms with E-state index in [4.69, 9.17) is 9.47 Å². The number of fused-ring (bicyclic) bond motifs is 3. The van der Waals surface area contributed by atoms with Gasteiger partial charge in [0.2, 0.25) is 0 Å². The maximum atomic E-state index is 12.1. The first-order chi connectivity index (χ1) is 9.07. The van der Waals surface area contributed by atoms with Crippen LogP contribution in [0, 0.1) is 11.3 Å². The Balaban J connectivity index is 2.04. The summed E-state index contributed by atoms with van der Waals surface area (Å²) in [5, 5.41) is 0. The lowest BCUT2D eigenvalue weighted by atomic mass is 9.91. The molecule has 19 heavy (non-hydrogen) atoms. The number of benzene rings is 1. The van der Waals surface area contributed by atoms with Crippen LogP contribution in [0.15, 0.2) is 22.7 Å². The van der Waals surface area contributed by atoms with Crippen molar-refractivity contribution in [2.75, 3.05) is 14.2 Å². The van der Waals surface area contributed by atoms with Crippen molar-refractivity contribution in [2.45, 2.75) is 12.3 Å². The number of halogens is 1. The molecule has 0 saturated heterocycles. The van der Waals surface area contributed by atoms with E-state index in [-0.39, 0.29) is 11.8 Å². The van der Waals surface area contributed by atoms with Crippen LogP contribution in [0.3, 0.4) is 0 Å². The Morgan fingerprint density at radius 2 is 1.89 bits per heavy atom. The molecule has 0 heterocycles. The third-order valence-electron chi connectivity index (χ3n) is 4.29. The maximum Gasteiger partial charge on any atom is 0.324 e. The van der Waals surface area contributed by atoms with Gasteiger partial charge in [0.25, 0.3) is 0 Å². The second kappa shape index (κ2) is 4.07. The third-order valence-corrected chi connectivity index (χ3v) is 4.79. The van der Waals surface area contributed by atoms with Crippen molar-refractivity contribution in [1.29, 1.82) is 0 Å². The summed E-state index contributed by atoms with van der Waals surface area (Å²) in [6.07, 6.45) is 0.712. The molecule has 1 saturated carbocycles. The number of carbonyl (C=O) groups excluding carboxylic acids is 2. The largest absolute Gasteiger partial charge is 0.468 e. The van der Waals surface area contributed by atoms with Crippen LogP contribution < -0.4 is 0 Å². The molecule has 0 radical (unpaired) electrons. The second-order valence-corrected chi connectivity index (χ2v) is 5.90. The zero-order chi connectivity index (χ0) is 13.8. The van der Waals surface area contributed by atoms with Gasteiger partial charge in [0, 0.05) is 10.4 Å². The van der Waals surface area contributed by atoms with Crippen LogP contribution in [0.5, 0.6) is 0 Å². The first kappa shape index (κ1) is 12.7. The molecule has 1 aromatic rings. The molecule has 0 bridgehead atoms. The number of hydrogen-bond donors (Lipinski definition) is 0. The molecule has 100 valence electrons. The average Bonchev–Trinajstić information content (AvgIpc) is 2.91. The normalized spacial score (nSPS) is 25.2. The van der Waals surface area contributed by atoms with Crippen molar-refractivity contribution in [2.24, 2.45) is 11.3 Å². The molecule has 3 rings (SSSR count). The van der Waals surface area contributed by atoms with Gasteiger partial charge >= 0.3 is 11.9 Å². The lowest BCUT2D eigenvalue weighted by Gasteiger charge is -2.17. The number of hydrogen-bond acceptors (Lipinski definition) is 4. The van der Waals surface area contributed by atoms with E-state index in [2.05, 4.69) is 15.9 Å². The van der Waals surface area contributed by atoms with E-state index in [1.165, 1.54) is 19.8 Å². The molecule has 0 N–H and O–H groups in total. The first-order valence-corrected chi connectivity index (χ1v) is 6.81. The van der Waals surface area contributed by atoms with Gasteiger partial charge < -0.3 is 9.47 Å². The van der Waals surface area contributed by atoms with Crippen molar-refractivity contribution < 1.29 is 19.1 Å². The van der Waals surface area contributed by atoms with Gasteiger partial charge in [0.1, 0.15) is 0 Å². The van der Waals surface area contributed by atoms with E-state index in [1.54, 1.807) is 0 Å². The van der Waals surface area contributed by atoms with Crippen LogP contribution >= 0.6 is 15.9 Å². The van der Waals surface area contributed by atoms with Gasteiger partial charge in [0.05, 0.1) is 14.2 Å². The quantitative estimate of drug-likeness (QED) is 0.617. The van der Waals surface area contributed by atoms with E-state index in [0.29, 0.717) is 6.42 Å². The summed E-state index contributed by atoms with van der Waals surface area (Å²) < 4.78 is 10.7. The minimum absolute atomic E-state index is 0.0308. The van der Waals surface area contributed by atoms with Gasteiger partial charge in [-0.25, -0.2) is 0 Å². The van der Waals surface area contributed by atoms with Crippen molar-refractivity contribution in [3.8, 4) is 0 Å². The summed E-state index contributed by atoms with van der Waals surface area (Å²) in [6.45, 7) is 0. The fraction of sp³-hybridized carbons (Fsp3) is 0.429. The lowest BCUT2D eigenvalue weighted by molar-refractivity contribution is -0.162. The summed E-state index contributed by atoms with van der Waals surface area (Å²) in [5.41, 5.74) is 1.13. The zero-order valence-corrected chi connectivity index (χ0v) is 12.2. The van der Waals surface area contributed by atoms with Crippen molar-refractivity contribution in [1.82, 2.24) is 0 Å². The maximum absolute atomic E-state index is 12.1. The highest BCUT2D eigenvalue weighted by Gasteiger charge is 2.78. The van der Waals surface area contributed by atoms with Gasteiger partial charge in [-0.1, -0.05) is 22.0 Å². The van der Waals surface area contributed by atoms with Crippen molar-refractivity contribution in [3.63, 3.8) is 0 Å². The number of methoxy groups -OCH3 is 2. The van der Waals surface area contributed by atoms with E-state index in [0.717, 1.165) is 10.0 Å². The van der Waals surface area contributed by atoms with Crippen LogP contribution in [-0.4, -0.2) is 26.2 Å². The lowest BCUT2D eigenvalue weighted by Crippen LogP contribution is -2.33. The molecular weight excluding hydrogens is 312 g/mol. The molecule has 2 aliphatic carbocycles. The Morgan fingerprint density at radius 1 is 1.26 bits per heavy atom. The van der Waals surface area contributed by atoms with Gasteiger partial charge in [-0.05, 0) is 35.6 Å². The fourth-order valence-corrected chi connectivity index (χ4v) is 3.88. The number of rotatable bonds is 2. The van der Waals surface area contributed by atoms with Gasteiger partial charge in [0.15, 0.2) is 5.41 Å². The SMILES string of the molecule is COC(=O)C1(C(=O)OC)[C@@H]2c3ccc(Br)cc3C[C@@H]21. The van der Waals surface area contributed by atoms with Crippen LogP contribution in [0.25, 0.3) is 0 Å². The highest BCUT2D eigenvalue weighted by atomic mass is 79.9. The predicted molar refractivity (Wildman–Crippen MR) is 70.5 cm³/mol. The van der Waals surface area contributed by atoms with Crippen LogP contribution in [0.2, 0.25) is 0 Å². The third kappa shape index (κ3) is 1.45. The Bertz CT molecular complexity index is 565. The van der Waals surface area contributed by atoms with E-state index < -0.39 is 17.4 Å². The predicted octanol–water partition coefficient (Wildman–Crippen LogP) is 2.05. The van der Waals surface area contributed by atoms with Gasteiger partial charge in [-0.3, -0.25) is 9.59 Å². The Hall–Kier alpha value is -1.36. The molecule has 0 amide bonds. The minimum atomic E-state index is -1.12. The Morgan fingerprint density at radius 3 is 2.47 bits per heavy atom. The van der Waals surface area contributed by atoms with Crippen molar-refractivity contribution in [3.05, 3.63) is 33.8 Å². The van der Waals surface area contributed by atoms with Gasteiger partial charge in [-0.2, -0.15) is 0 Å². The molecule has 1 fully saturated rings. The molecule has 1 aromatic carbocycles. The average molecular weight is 325 g/mol. The Kier molecular flexibility index (Phi) is 2.71. The summed E-state index contributed by atoms with van der Waals surface area (Å²) >= 11 is 3.43. The molecule has 2 aliphatic rings. The van der Waals surface area contributed by atoms with E-state index in [1.807, 2.05) is 18.2 Å². The molecule has 4 nitrogen and oxygen atoms in total. The minimum Gasteiger partial charge on any atom is -0.468 e. The Labute approximate surface area is 119 Å². The molecule has 0 spiro atoms. The molecule has 0 aliphatic heterocycles. The first-order valence-electron chi connectivity index (χ1n) is 6.02. The zero-order valence-electron chi connectivity index (χ0n) is 10.6. The molecule has 2 atom stereocenters. The monoisotopic (exact) mass is 324 g/mol. The van der Waals surface area contributed by atoms with Crippen LogP contribution in [0.4, 0.5) is 0 Å². The van der Waals surface area contributed by atoms with Crippen molar-refractivity contribution >= 4 is 27.9 Å². The highest BCUT2D eigenvalue weighted by Crippen LogP contribution is 2.71. The summed E-state index contributed by atoms with van der Waals surface area (Å²) in [4.78, 5) is 24.1.